The van der Waals surface area contributed by atoms with Gasteiger partial charge in [0.1, 0.15) is 17.5 Å². The number of nitrogens with one attached hydrogen (secondary N) is 2. The number of halogens is 6. The second kappa shape index (κ2) is 11.7. The van der Waals surface area contributed by atoms with Gasteiger partial charge in [0.15, 0.2) is 17.5 Å². The van der Waals surface area contributed by atoms with E-state index in [0.29, 0.717) is 12.1 Å². The normalized spacial score (nSPS) is 15.2. The van der Waals surface area contributed by atoms with E-state index in [1.165, 1.54) is 11.8 Å². The van der Waals surface area contributed by atoms with Crippen molar-refractivity contribution in [3.8, 4) is 0 Å². The van der Waals surface area contributed by atoms with Gasteiger partial charge >= 0.3 is 12.3 Å². The summed E-state index contributed by atoms with van der Waals surface area (Å²) in [5, 5.41) is 11.5. The summed E-state index contributed by atoms with van der Waals surface area (Å²) in [5.41, 5.74) is -1.18. The summed E-state index contributed by atoms with van der Waals surface area (Å²) in [4.78, 5) is 39.1. The lowest BCUT2D eigenvalue weighted by Crippen LogP contribution is -2.51. The highest BCUT2D eigenvalue weighted by atomic mass is 19.4. The minimum absolute atomic E-state index is 0.102. The number of rotatable bonds is 7. The minimum atomic E-state index is -4.73. The molecule has 3 amide bonds. The van der Waals surface area contributed by atoms with Crippen molar-refractivity contribution in [1.29, 1.82) is 0 Å². The molecule has 0 spiro atoms. The zero-order valence-electron chi connectivity index (χ0n) is 22.0. The fourth-order valence-electron chi connectivity index (χ4n) is 3.96. The maximum atomic E-state index is 14.4. The molecule has 0 saturated heterocycles. The fraction of sp³-hybridized carbons (Fsp3) is 0.542. The van der Waals surface area contributed by atoms with Crippen LogP contribution in [-0.2, 0) is 40.0 Å². The van der Waals surface area contributed by atoms with Crippen molar-refractivity contribution >= 4 is 17.9 Å². The van der Waals surface area contributed by atoms with E-state index in [0.717, 1.165) is 4.57 Å². The highest BCUT2D eigenvalue weighted by molar-refractivity contribution is 5.86. The Morgan fingerprint density at radius 1 is 1.00 bits per heavy atom. The van der Waals surface area contributed by atoms with E-state index in [-0.39, 0.29) is 31.0 Å². The quantitative estimate of drug-likeness (QED) is 0.385. The van der Waals surface area contributed by atoms with Crippen molar-refractivity contribution < 1.29 is 45.5 Å². The third-order valence-electron chi connectivity index (χ3n) is 5.81. The van der Waals surface area contributed by atoms with Crippen LogP contribution in [0, 0.1) is 17.5 Å². The molecular formula is C24H28F6N6O4. The molecule has 1 unspecified atom stereocenters. The standard InChI is InChI=1S/C24H28F6N6O4/c1-12(31-22(39)40-23(2,3)4)20(38)32-14(7-13-8-16(26)17(27)10-15(13)25)9-19(37)35-5-6-36-18(11-35)33-34-21(36)24(28,29)30/h8,10,12,14H,5-7,9,11H2,1-4H3,(H,31,39)(H,32,38)/t12?,14-/m1/s1. The zero-order valence-corrected chi connectivity index (χ0v) is 22.0. The average molecular weight is 579 g/mol. The number of carbonyl (C=O) groups is 3. The van der Waals surface area contributed by atoms with E-state index in [2.05, 4.69) is 20.8 Å². The number of amides is 3. The highest BCUT2D eigenvalue weighted by Crippen LogP contribution is 2.29. The van der Waals surface area contributed by atoms with E-state index in [1.54, 1.807) is 20.8 Å². The number of aromatic nitrogens is 3. The monoisotopic (exact) mass is 578 g/mol. The van der Waals surface area contributed by atoms with Crippen LogP contribution >= 0.6 is 0 Å². The van der Waals surface area contributed by atoms with E-state index < -0.39 is 77.9 Å². The molecule has 3 rings (SSSR count). The maximum absolute atomic E-state index is 14.4. The lowest BCUT2D eigenvalue weighted by atomic mass is 10.0. The smallest absolute Gasteiger partial charge is 0.444 e. The number of alkyl halides is 3. The Morgan fingerprint density at radius 2 is 1.65 bits per heavy atom. The first-order valence-electron chi connectivity index (χ1n) is 12.1. The molecule has 1 aromatic heterocycles. The topological polar surface area (TPSA) is 118 Å². The van der Waals surface area contributed by atoms with Gasteiger partial charge in [-0.05, 0) is 45.7 Å². The van der Waals surface area contributed by atoms with Crippen molar-refractivity contribution in [3.63, 3.8) is 0 Å². The maximum Gasteiger partial charge on any atom is 0.451 e. The van der Waals surface area contributed by atoms with Crippen molar-refractivity contribution in [2.75, 3.05) is 6.54 Å². The van der Waals surface area contributed by atoms with E-state index in [9.17, 15) is 40.7 Å². The predicted molar refractivity (Wildman–Crippen MR) is 126 cm³/mol. The van der Waals surface area contributed by atoms with Gasteiger partial charge in [-0.1, -0.05) is 0 Å². The summed E-state index contributed by atoms with van der Waals surface area (Å²) in [6.45, 7) is 5.48. The second-order valence-corrected chi connectivity index (χ2v) is 10.2. The molecule has 2 atom stereocenters. The van der Waals surface area contributed by atoms with Gasteiger partial charge in [-0.3, -0.25) is 9.59 Å². The minimum Gasteiger partial charge on any atom is -0.444 e. The van der Waals surface area contributed by atoms with Gasteiger partial charge in [-0.2, -0.15) is 13.2 Å². The Balaban J connectivity index is 1.75. The Hall–Kier alpha value is -3.85. The lowest BCUT2D eigenvalue weighted by Gasteiger charge is -2.30. The van der Waals surface area contributed by atoms with Crippen LogP contribution in [0.2, 0.25) is 0 Å². The van der Waals surface area contributed by atoms with Gasteiger partial charge < -0.3 is 24.8 Å². The van der Waals surface area contributed by atoms with Crippen LogP contribution in [0.5, 0.6) is 0 Å². The van der Waals surface area contributed by atoms with Crippen molar-refractivity contribution in [2.24, 2.45) is 0 Å². The van der Waals surface area contributed by atoms with Crippen molar-refractivity contribution in [3.05, 3.63) is 46.8 Å². The molecule has 1 aliphatic rings. The largest absolute Gasteiger partial charge is 0.451 e. The number of hydrogen-bond acceptors (Lipinski definition) is 6. The van der Waals surface area contributed by atoms with E-state index in [4.69, 9.17) is 4.74 Å². The van der Waals surface area contributed by atoms with Gasteiger partial charge in [0.05, 0.1) is 6.54 Å². The van der Waals surface area contributed by atoms with Crippen LogP contribution in [0.4, 0.5) is 31.1 Å². The molecule has 16 heteroatoms. The lowest BCUT2D eigenvalue weighted by molar-refractivity contribution is -0.148. The van der Waals surface area contributed by atoms with E-state index in [1.807, 2.05) is 0 Å². The Bertz CT molecular complexity index is 1280. The Morgan fingerprint density at radius 3 is 2.27 bits per heavy atom. The first kappa shape index (κ1) is 30.7. The highest BCUT2D eigenvalue weighted by Gasteiger charge is 2.40. The van der Waals surface area contributed by atoms with Crippen LogP contribution in [0.15, 0.2) is 12.1 Å². The van der Waals surface area contributed by atoms with Gasteiger partial charge in [0.25, 0.3) is 0 Å². The molecule has 1 aromatic carbocycles. The molecule has 220 valence electrons. The number of nitrogens with zero attached hydrogens (tertiary/aromatic N) is 4. The number of alkyl carbamates (subject to hydrolysis) is 1. The zero-order chi connectivity index (χ0) is 30.0. The second-order valence-electron chi connectivity index (χ2n) is 10.2. The molecule has 40 heavy (non-hydrogen) atoms. The first-order valence-corrected chi connectivity index (χ1v) is 12.1. The molecule has 1 aliphatic heterocycles. The first-order chi connectivity index (χ1) is 18.4. The van der Waals surface area contributed by atoms with E-state index >= 15 is 0 Å². The Labute approximate surface area is 225 Å². The van der Waals surface area contributed by atoms with Crippen LogP contribution < -0.4 is 10.6 Å². The number of fused-ring (bicyclic) bond motifs is 1. The summed E-state index contributed by atoms with van der Waals surface area (Å²) in [5.74, 6) is -6.61. The summed E-state index contributed by atoms with van der Waals surface area (Å²) in [6.07, 6.45) is -6.55. The van der Waals surface area contributed by atoms with Crippen LogP contribution in [0.1, 0.15) is 51.3 Å². The summed E-state index contributed by atoms with van der Waals surface area (Å²) < 4.78 is 86.9. The summed E-state index contributed by atoms with van der Waals surface area (Å²) in [7, 11) is 0. The Kier molecular flexibility index (Phi) is 8.99. The molecule has 0 fully saturated rings. The molecule has 2 N–H and O–H groups in total. The third kappa shape index (κ3) is 7.85. The van der Waals surface area contributed by atoms with Crippen LogP contribution in [0.25, 0.3) is 0 Å². The van der Waals surface area contributed by atoms with Crippen molar-refractivity contribution in [2.45, 2.75) is 77.5 Å². The van der Waals surface area contributed by atoms with Crippen LogP contribution in [0.3, 0.4) is 0 Å². The third-order valence-corrected chi connectivity index (χ3v) is 5.81. The summed E-state index contributed by atoms with van der Waals surface area (Å²) in [6, 6.07) is -1.42. The molecule has 2 aromatic rings. The van der Waals surface area contributed by atoms with Crippen LogP contribution in [-0.4, -0.2) is 61.8 Å². The molecule has 0 bridgehead atoms. The molecule has 0 radical (unpaired) electrons. The predicted octanol–water partition coefficient (Wildman–Crippen LogP) is 3.09. The van der Waals surface area contributed by atoms with Gasteiger partial charge in [0.2, 0.25) is 17.6 Å². The fourth-order valence-corrected chi connectivity index (χ4v) is 3.96. The molecule has 0 aliphatic carbocycles. The molecule has 0 saturated carbocycles. The molecule has 10 nitrogen and oxygen atoms in total. The summed E-state index contributed by atoms with van der Waals surface area (Å²) >= 11 is 0. The number of benzene rings is 1. The molecular weight excluding hydrogens is 550 g/mol. The molecule has 2 heterocycles. The number of hydrogen-bond donors (Lipinski definition) is 2. The number of carbonyl (C=O) groups excluding carboxylic acids is 3. The number of ether oxygens (including phenoxy) is 1. The SMILES string of the molecule is CC(NC(=O)OC(C)(C)C)C(=O)N[C@@H](CC(=O)N1CCn2c(nnc2C(F)(F)F)C1)Cc1cc(F)c(F)cc1F. The average Bonchev–Trinajstić information content (AvgIpc) is 3.25. The van der Waals surface area contributed by atoms with Gasteiger partial charge in [-0.25, -0.2) is 18.0 Å². The van der Waals surface area contributed by atoms with Gasteiger partial charge in [-0.15, -0.1) is 10.2 Å². The van der Waals surface area contributed by atoms with Crippen molar-refractivity contribution in [1.82, 2.24) is 30.3 Å². The van der Waals surface area contributed by atoms with Gasteiger partial charge in [0, 0.05) is 31.6 Å².